The van der Waals surface area contributed by atoms with Gasteiger partial charge in [0.05, 0.1) is 0 Å². The molecule has 3 unspecified atom stereocenters. The third-order valence-corrected chi connectivity index (χ3v) is 4.20. The highest BCUT2D eigenvalue weighted by molar-refractivity contribution is 5.06. The van der Waals surface area contributed by atoms with E-state index < -0.39 is 0 Å². The second kappa shape index (κ2) is 6.47. The molecule has 0 fully saturated rings. The molecule has 1 aliphatic carbocycles. The van der Waals surface area contributed by atoms with Gasteiger partial charge in [0.2, 0.25) is 0 Å². The molecule has 0 radical (unpaired) electrons. The Balaban J connectivity index is 2.55. The summed E-state index contributed by atoms with van der Waals surface area (Å²) in [6.07, 6.45) is 9.41. The monoisotopic (exact) mass is 222 g/mol. The fourth-order valence-electron chi connectivity index (χ4n) is 2.75. The van der Waals surface area contributed by atoms with E-state index in [0.29, 0.717) is 0 Å². The lowest BCUT2D eigenvalue weighted by atomic mass is 9.80. The van der Waals surface area contributed by atoms with Crippen LogP contribution in [0.1, 0.15) is 66.7 Å². The van der Waals surface area contributed by atoms with E-state index in [4.69, 9.17) is 0 Å². The van der Waals surface area contributed by atoms with Crippen molar-refractivity contribution in [1.29, 1.82) is 0 Å². The van der Waals surface area contributed by atoms with E-state index in [1.54, 1.807) is 5.57 Å². The molecule has 0 aliphatic heterocycles. The maximum Gasteiger partial charge on any atom is -0.0257 e. The van der Waals surface area contributed by atoms with Crippen LogP contribution in [0.4, 0.5) is 0 Å². The van der Waals surface area contributed by atoms with Crippen LogP contribution >= 0.6 is 0 Å². The fraction of sp³-hybridized carbons (Fsp3) is 0.875. The standard InChI is InChI=1S/C16H30/c1-12(2)6-8-16-9-7-14(4)15(5)10-13(3)11-16/h11-15H,6-10H2,1-5H3. The van der Waals surface area contributed by atoms with Crippen LogP contribution in [-0.2, 0) is 0 Å². The van der Waals surface area contributed by atoms with Gasteiger partial charge in [-0.2, -0.15) is 0 Å². The first-order chi connectivity index (χ1) is 7.49. The van der Waals surface area contributed by atoms with Gasteiger partial charge in [0.25, 0.3) is 0 Å². The van der Waals surface area contributed by atoms with Gasteiger partial charge in [0.15, 0.2) is 0 Å². The van der Waals surface area contributed by atoms with E-state index in [1.807, 2.05) is 0 Å². The van der Waals surface area contributed by atoms with Crippen LogP contribution in [0.5, 0.6) is 0 Å². The molecule has 0 aromatic carbocycles. The highest BCUT2D eigenvalue weighted by atomic mass is 14.2. The van der Waals surface area contributed by atoms with Gasteiger partial charge in [0, 0.05) is 0 Å². The topological polar surface area (TPSA) is 0 Å². The summed E-state index contributed by atoms with van der Waals surface area (Å²) >= 11 is 0. The first kappa shape index (κ1) is 13.8. The summed E-state index contributed by atoms with van der Waals surface area (Å²) in [5.41, 5.74) is 1.74. The lowest BCUT2D eigenvalue weighted by Gasteiger charge is -2.26. The Morgan fingerprint density at radius 2 is 1.88 bits per heavy atom. The molecule has 1 aliphatic rings. The molecule has 0 N–H and O–H groups in total. The molecular formula is C16H30. The Bertz CT molecular complexity index is 224. The smallest absolute Gasteiger partial charge is 0.0257 e. The van der Waals surface area contributed by atoms with Crippen LogP contribution in [-0.4, -0.2) is 0 Å². The predicted molar refractivity (Wildman–Crippen MR) is 73.5 cm³/mol. The van der Waals surface area contributed by atoms with Gasteiger partial charge in [-0.15, -0.1) is 0 Å². The Morgan fingerprint density at radius 3 is 2.50 bits per heavy atom. The van der Waals surface area contributed by atoms with Gasteiger partial charge in [-0.1, -0.05) is 46.3 Å². The van der Waals surface area contributed by atoms with Crippen molar-refractivity contribution in [3.8, 4) is 0 Å². The van der Waals surface area contributed by atoms with Gasteiger partial charge in [-0.3, -0.25) is 0 Å². The fourth-order valence-corrected chi connectivity index (χ4v) is 2.75. The lowest BCUT2D eigenvalue weighted by Crippen LogP contribution is -2.14. The zero-order chi connectivity index (χ0) is 12.1. The molecule has 0 heteroatoms. The molecule has 3 atom stereocenters. The molecular weight excluding hydrogens is 192 g/mol. The minimum absolute atomic E-state index is 0.792. The largest absolute Gasteiger partial charge is 0.0825 e. The van der Waals surface area contributed by atoms with E-state index in [1.165, 1.54) is 32.1 Å². The van der Waals surface area contributed by atoms with Crippen molar-refractivity contribution in [1.82, 2.24) is 0 Å². The first-order valence-corrected chi connectivity index (χ1v) is 7.18. The van der Waals surface area contributed by atoms with E-state index in [0.717, 1.165) is 23.7 Å². The highest BCUT2D eigenvalue weighted by Gasteiger charge is 2.18. The zero-order valence-electron chi connectivity index (χ0n) is 11.9. The molecule has 94 valence electrons. The average Bonchev–Trinajstić information content (AvgIpc) is 2.19. The van der Waals surface area contributed by atoms with Crippen molar-refractivity contribution in [2.24, 2.45) is 23.7 Å². The molecule has 0 aromatic heterocycles. The lowest BCUT2D eigenvalue weighted by molar-refractivity contribution is 0.308. The Hall–Kier alpha value is -0.260. The van der Waals surface area contributed by atoms with Crippen LogP contribution < -0.4 is 0 Å². The van der Waals surface area contributed by atoms with Crippen molar-refractivity contribution < 1.29 is 0 Å². The van der Waals surface area contributed by atoms with Gasteiger partial charge in [-0.25, -0.2) is 0 Å². The van der Waals surface area contributed by atoms with Crippen LogP contribution in [0.3, 0.4) is 0 Å². The Kier molecular flexibility index (Phi) is 5.58. The van der Waals surface area contributed by atoms with Crippen molar-refractivity contribution in [2.45, 2.75) is 66.7 Å². The van der Waals surface area contributed by atoms with Crippen molar-refractivity contribution in [3.63, 3.8) is 0 Å². The number of rotatable bonds is 3. The van der Waals surface area contributed by atoms with Crippen molar-refractivity contribution >= 4 is 0 Å². The summed E-state index contributed by atoms with van der Waals surface area (Å²) in [6, 6.07) is 0. The van der Waals surface area contributed by atoms with E-state index >= 15 is 0 Å². The molecule has 0 nitrogen and oxygen atoms in total. The van der Waals surface area contributed by atoms with Crippen molar-refractivity contribution in [2.75, 3.05) is 0 Å². The molecule has 0 aromatic rings. The van der Waals surface area contributed by atoms with Crippen LogP contribution in [0.15, 0.2) is 11.6 Å². The normalized spacial score (nSPS) is 32.1. The second-order valence-corrected chi connectivity index (χ2v) is 6.46. The van der Waals surface area contributed by atoms with E-state index in [2.05, 4.69) is 40.7 Å². The highest BCUT2D eigenvalue weighted by Crippen LogP contribution is 2.31. The molecule has 0 saturated heterocycles. The van der Waals surface area contributed by atoms with E-state index in [9.17, 15) is 0 Å². The summed E-state index contributed by atoms with van der Waals surface area (Å²) in [5, 5.41) is 0. The van der Waals surface area contributed by atoms with Crippen LogP contribution in [0, 0.1) is 23.7 Å². The molecule has 0 amide bonds. The van der Waals surface area contributed by atoms with Gasteiger partial charge < -0.3 is 0 Å². The van der Waals surface area contributed by atoms with Gasteiger partial charge >= 0.3 is 0 Å². The summed E-state index contributed by atoms with van der Waals surface area (Å²) in [5.74, 6) is 3.45. The molecule has 0 bridgehead atoms. The number of hydrogen-bond acceptors (Lipinski definition) is 0. The summed E-state index contributed by atoms with van der Waals surface area (Å²) in [7, 11) is 0. The number of allylic oxidation sites excluding steroid dienone is 2. The minimum atomic E-state index is 0.792. The number of hydrogen-bond donors (Lipinski definition) is 0. The third-order valence-electron chi connectivity index (χ3n) is 4.20. The Morgan fingerprint density at radius 1 is 1.19 bits per heavy atom. The minimum Gasteiger partial charge on any atom is -0.0825 e. The summed E-state index contributed by atoms with van der Waals surface area (Å²) in [4.78, 5) is 0. The predicted octanol–water partition coefficient (Wildman–Crippen LogP) is 5.44. The van der Waals surface area contributed by atoms with Gasteiger partial charge in [-0.05, 0) is 55.8 Å². The molecule has 0 saturated carbocycles. The van der Waals surface area contributed by atoms with Crippen LogP contribution in [0.25, 0.3) is 0 Å². The van der Waals surface area contributed by atoms with Crippen LogP contribution in [0.2, 0.25) is 0 Å². The molecule has 0 spiro atoms. The van der Waals surface area contributed by atoms with E-state index in [-0.39, 0.29) is 0 Å². The van der Waals surface area contributed by atoms with Crippen molar-refractivity contribution in [3.05, 3.63) is 11.6 Å². The quantitative estimate of drug-likeness (QED) is 0.558. The molecule has 1 rings (SSSR count). The summed E-state index contributed by atoms with van der Waals surface area (Å²) < 4.78 is 0. The maximum atomic E-state index is 2.57. The SMILES string of the molecule is CC(C)CCC1=CC(C)CC(C)C(C)CC1. The average molecular weight is 222 g/mol. The third kappa shape index (κ3) is 4.72. The summed E-state index contributed by atoms with van der Waals surface area (Å²) in [6.45, 7) is 11.9. The maximum absolute atomic E-state index is 2.57. The first-order valence-electron chi connectivity index (χ1n) is 7.18. The molecule has 16 heavy (non-hydrogen) atoms. The molecule has 0 heterocycles. The van der Waals surface area contributed by atoms with Gasteiger partial charge in [0.1, 0.15) is 0 Å². The zero-order valence-corrected chi connectivity index (χ0v) is 11.9. The Labute approximate surface area is 103 Å². The second-order valence-electron chi connectivity index (χ2n) is 6.46.